The monoisotopic (exact) mass is 83.0 g/mol. The second kappa shape index (κ2) is 0.965. The molecule has 4 heteroatoms. The molecule has 0 saturated heterocycles. The summed E-state index contributed by atoms with van der Waals surface area (Å²) in [6.07, 6.45) is 1.30. The van der Waals surface area contributed by atoms with Gasteiger partial charge in [0.25, 0.3) is 0 Å². The molecule has 0 saturated carbocycles. The third kappa shape index (κ3) is 0.314. The zero-order valence-corrected chi connectivity index (χ0v) is 3.00. The molecule has 1 rings (SSSR count). The van der Waals surface area contributed by atoms with Crippen LogP contribution in [0.1, 0.15) is 0 Å². The molecule has 1 aromatic rings. The molecular formula is C2H3N4-. The molecule has 0 aliphatic heterocycles. The molecule has 0 unspecified atom stereocenters. The zero-order chi connectivity index (χ0) is 4.41. The highest BCUT2D eigenvalue weighted by Crippen LogP contribution is 1.74. The maximum absolute atomic E-state index is 4.99. The maximum atomic E-state index is 4.99. The summed E-state index contributed by atoms with van der Waals surface area (Å²) in [4.78, 5) is 3.47. The quantitative estimate of drug-likeness (QED) is 0.437. The van der Waals surface area contributed by atoms with E-state index >= 15 is 0 Å². The fourth-order valence-electron chi connectivity index (χ4n) is 0.196. The highest BCUT2D eigenvalue weighted by molar-refractivity contribution is 5.07. The minimum Gasteiger partial charge on any atom is -0.431 e. The first-order valence-corrected chi connectivity index (χ1v) is 1.45. The molecule has 0 spiro atoms. The van der Waals surface area contributed by atoms with Gasteiger partial charge in [-0.05, 0) is 0 Å². The zero-order valence-electron chi connectivity index (χ0n) is 3.00. The van der Waals surface area contributed by atoms with Crippen LogP contribution in [-0.2, 0) is 0 Å². The van der Waals surface area contributed by atoms with Gasteiger partial charge in [0.15, 0.2) is 0 Å². The molecule has 0 amide bonds. The van der Waals surface area contributed by atoms with Crippen LogP contribution in [0.2, 0.25) is 0 Å². The van der Waals surface area contributed by atoms with Crippen LogP contribution in [-0.4, -0.2) is 10.2 Å². The van der Waals surface area contributed by atoms with Crippen LogP contribution in [0, 0.1) is 0 Å². The molecule has 0 aromatic carbocycles. The Kier molecular flexibility index (Phi) is 0.506. The molecule has 0 fully saturated rings. The number of aromatic nitrogens is 3. The molecule has 32 valence electrons. The lowest BCUT2D eigenvalue weighted by Gasteiger charge is -1.78. The van der Waals surface area contributed by atoms with Crippen LogP contribution in [0.4, 0.5) is 5.95 Å². The summed E-state index contributed by atoms with van der Waals surface area (Å²) in [5.74, 6) is 0.231. The van der Waals surface area contributed by atoms with Crippen LogP contribution in [0.15, 0.2) is 6.33 Å². The van der Waals surface area contributed by atoms with Crippen LogP contribution >= 0.6 is 0 Å². The van der Waals surface area contributed by atoms with Gasteiger partial charge in [-0.25, -0.2) is 0 Å². The van der Waals surface area contributed by atoms with Crippen LogP contribution < -0.4 is 10.7 Å². The summed E-state index contributed by atoms with van der Waals surface area (Å²) in [7, 11) is 0. The van der Waals surface area contributed by atoms with Gasteiger partial charge in [-0.3, -0.25) is 5.10 Å². The van der Waals surface area contributed by atoms with Crippen molar-refractivity contribution in [3.05, 3.63) is 6.33 Å². The lowest BCUT2D eigenvalue weighted by Crippen LogP contribution is -1.86. The average Bonchev–Trinajstić information content (AvgIpc) is 1.86. The van der Waals surface area contributed by atoms with Crippen LogP contribution in [0.5, 0.6) is 0 Å². The molecule has 0 bridgehead atoms. The van der Waals surface area contributed by atoms with Gasteiger partial charge in [-0.15, -0.1) is 0 Å². The van der Waals surface area contributed by atoms with Gasteiger partial charge in [-0.1, -0.05) is 0 Å². The Morgan fingerprint density at radius 3 is 2.83 bits per heavy atom. The van der Waals surface area contributed by atoms with Crippen molar-refractivity contribution in [2.75, 3.05) is 5.73 Å². The first kappa shape index (κ1) is 3.14. The van der Waals surface area contributed by atoms with Crippen molar-refractivity contribution in [1.82, 2.24) is 15.2 Å². The molecule has 0 aliphatic carbocycles. The number of rotatable bonds is 0. The van der Waals surface area contributed by atoms with E-state index in [0.29, 0.717) is 0 Å². The minimum atomic E-state index is 0.231. The normalized spacial score (nSPS) is 8.67. The topological polar surface area (TPSA) is 65.9 Å². The molecule has 2 N–H and O–H groups in total. The Labute approximate surface area is 34.4 Å². The van der Waals surface area contributed by atoms with Crippen molar-refractivity contribution in [2.45, 2.75) is 0 Å². The van der Waals surface area contributed by atoms with Crippen molar-refractivity contribution in [1.29, 1.82) is 0 Å². The van der Waals surface area contributed by atoms with Crippen molar-refractivity contribution < 1.29 is 0 Å². The summed E-state index contributed by atoms with van der Waals surface area (Å²) in [5, 5.41) is 6.67. The first-order valence-electron chi connectivity index (χ1n) is 1.45. The predicted octanol–water partition coefficient (Wildman–Crippen LogP) is -0.984. The molecule has 0 atom stereocenters. The third-order valence-corrected chi connectivity index (χ3v) is 0.402. The number of anilines is 1. The Morgan fingerprint density at radius 2 is 2.67 bits per heavy atom. The lowest BCUT2D eigenvalue weighted by molar-refractivity contribution is 1.10. The summed E-state index contributed by atoms with van der Waals surface area (Å²) >= 11 is 0. The molecule has 1 heterocycles. The van der Waals surface area contributed by atoms with Crippen molar-refractivity contribution in [3.8, 4) is 0 Å². The summed E-state index contributed by atoms with van der Waals surface area (Å²) in [6.45, 7) is 0. The van der Waals surface area contributed by atoms with Gasteiger partial charge in [-0.2, -0.15) is 0 Å². The fourth-order valence-corrected chi connectivity index (χ4v) is 0.196. The fraction of sp³-hybridized carbons (Fsp3) is 0. The number of nitrogen functional groups attached to an aromatic ring is 1. The lowest BCUT2D eigenvalue weighted by atomic mass is 11.1. The van der Waals surface area contributed by atoms with E-state index in [2.05, 4.69) is 15.2 Å². The molecule has 1 aromatic heterocycles. The van der Waals surface area contributed by atoms with E-state index in [9.17, 15) is 0 Å². The number of nitrogens with zero attached hydrogens (tertiary/aromatic N) is 3. The summed E-state index contributed by atoms with van der Waals surface area (Å²) < 4.78 is 0. The highest BCUT2D eigenvalue weighted by Gasteiger charge is 1.64. The number of hydrogen-bond donors (Lipinski definition) is 1. The molecule has 6 heavy (non-hydrogen) atoms. The van der Waals surface area contributed by atoms with Crippen molar-refractivity contribution >= 4 is 5.95 Å². The van der Waals surface area contributed by atoms with E-state index in [1.165, 1.54) is 6.33 Å². The second-order valence-electron chi connectivity index (χ2n) is 0.818. The van der Waals surface area contributed by atoms with E-state index in [1.807, 2.05) is 0 Å². The SMILES string of the molecule is Nc1nnc[n-]1. The maximum Gasteiger partial charge on any atom is 0.0716 e. The molecular weight excluding hydrogens is 80.0 g/mol. The number of hydrogen-bond acceptors (Lipinski definition) is 3. The third-order valence-electron chi connectivity index (χ3n) is 0.402. The van der Waals surface area contributed by atoms with Gasteiger partial charge >= 0.3 is 0 Å². The predicted molar refractivity (Wildman–Crippen MR) is 19.8 cm³/mol. The largest absolute Gasteiger partial charge is 0.431 e. The standard InChI is InChI=1S/C2H3N4/c3-2-4-1-5-6-2/h1H,(H2-,3,4,5,6)/q-1. The smallest absolute Gasteiger partial charge is 0.0716 e. The van der Waals surface area contributed by atoms with E-state index < -0.39 is 0 Å². The summed E-state index contributed by atoms with van der Waals surface area (Å²) in [5.41, 5.74) is 4.99. The van der Waals surface area contributed by atoms with E-state index in [1.54, 1.807) is 0 Å². The Bertz CT molecular complexity index is 109. The minimum absolute atomic E-state index is 0.231. The summed E-state index contributed by atoms with van der Waals surface area (Å²) in [6, 6.07) is 0. The number of nitrogens with two attached hydrogens (primary N) is 1. The molecule has 0 aliphatic rings. The Hall–Kier alpha value is -1.06. The van der Waals surface area contributed by atoms with Crippen LogP contribution in [0.3, 0.4) is 0 Å². The van der Waals surface area contributed by atoms with Gasteiger partial charge < -0.3 is 15.8 Å². The average molecular weight is 83.1 g/mol. The first-order chi connectivity index (χ1) is 2.89. The van der Waals surface area contributed by atoms with Crippen molar-refractivity contribution in [3.63, 3.8) is 0 Å². The second-order valence-corrected chi connectivity index (χ2v) is 0.818. The van der Waals surface area contributed by atoms with Gasteiger partial charge in [0.05, 0.1) is 5.95 Å². The highest BCUT2D eigenvalue weighted by atomic mass is 15.2. The van der Waals surface area contributed by atoms with Gasteiger partial charge in [0.1, 0.15) is 0 Å². The van der Waals surface area contributed by atoms with E-state index in [0.717, 1.165) is 0 Å². The Morgan fingerprint density at radius 1 is 1.83 bits per heavy atom. The molecule has 0 radical (unpaired) electrons. The van der Waals surface area contributed by atoms with Gasteiger partial charge in [0, 0.05) is 6.33 Å². The van der Waals surface area contributed by atoms with Crippen molar-refractivity contribution in [2.24, 2.45) is 0 Å². The van der Waals surface area contributed by atoms with E-state index in [-0.39, 0.29) is 5.95 Å². The van der Waals surface area contributed by atoms with Crippen LogP contribution in [0.25, 0.3) is 0 Å². The molecule has 4 nitrogen and oxygen atoms in total. The Balaban J connectivity index is 3.05. The van der Waals surface area contributed by atoms with E-state index in [4.69, 9.17) is 5.73 Å². The van der Waals surface area contributed by atoms with Gasteiger partial charge in [0.2, 0.25) is 0 Å².